The van der Waals surface area contributed by atoms with Gasteiger partial charge in [0.2, 0.25) is 5.95 Å². The van der Waals surface area contributed by atoms with Gasteiger partial charge in [-0.2, -0.15) is 4.98 Å². The number of rotatable bonds is 6. The molecule has 0 saturated carbocycles. The zero-order chi connectivity index (χ0) is 22.9. The molecule has 170 valence electrons. The molecule has 3 aromatic rings. The van der Waals surface area contributed by atoms with E-state index in [0.29, 0.717) is 36.3 Å². The molecule has 33 heavy (non-hydrogen) atoms. The van der Waals surface area contributed by atoms with E-state index in [0.717, 1.165) is 41.0 Å². The van der Waals surface area contributed by atoms with Gasteiger partial charge >= 0.3 is 0 Å². The molecule has 0 bridgehead atoms. The topological polar surface area (TPSA) is 87.5 Å². The molecule has 1 aliphatic heterocycles. The largest absolute Gasteiger partial charge is 0.494 e. The van der Waals surface area contributed by atoms with E-state index in [2.05, 4.69) is 5.32 Å². The number of methoxy groups -OCH3 is 2. The van der Waals surface area contributed by atoms with Gasteiger partial charge in [-0.1, -0.05) is 12.1 Å². The molecule has 2 heterocycles. The standard InChI is InChI=1S/C25H26N4O4/c1-4-33-17-11-8-15(9-12-17)23-22-18(6-5-7-19(22)30)26-25-27-24(28-29(23)25)16-10-13-20(31-2)21(14-16)32-3/h8-14,23H,4-7H2,1-3H3,(H,26,27,28). The minimum atomic E-state index is -0.346. The number of hydrogen-bond acceptors (Lipinski definition) is 7. The lowest BCUT2D eigenvalue weighted by Crippen LogP contribution is -2.31. The average molecular weight is 447 g/mol. The van der Waals surface area contributed by atoms with Crippen LogP contribution in [0.3, 0.4) is 0 Å². The van der Waals surface area contributed by atoms with Crippen LogP contribution in [-0.2, 0) is 4.79 Å². The first-order valence-corrected chi connectivity index (χ1v) is 11.1. The Hall–Kier alpha value is -3.81. The number of nitrogens with zero attached hydrogens (tertiary/aromatic N) is 3. The summed E-state index contributed by atoms with van der Waals surface area (Å²) in [5.41, 5.74) is 3.46. The van der Waals surface area contributed by atoms with E-state index in [1.54, 1.807) is 14.2 Å². The van der Waals surface area contributed by atoms with Crippen LogP contribution in [0.15, 0.2) is 53.7 Å². The fourth-order valence-electron chi connectivity index (χ4n) is 4.47. The van der Waals surface area contributed by atoms with Crippen molar-refractivity contribution in [2.75, 3.05) is 26.1 Å². The summed E-state index contributed by atoms with van der Waals surface area (Å²) in [4.78, 5) is 17.8. The summed E-state index contributed by atoms with van der Waals surface area (Å²) < 4.78 is 18.2. The lowest BCUT2D eigenvalue weighted by molar-refractivity contribution is -0.116. The summed E-state index contributed by atoms with van der Waals surface area (Å²) in [6.07, 6.45) is 2.19. The van der Waals surface area contributed by atoms with E-state index < -0.39 is 0 Å². The van der Waals surface area contributed by atoms with Gasteiger partial charge < -0.3 is 19.5 Å². The Kier molecular flexibility index (Phi) is 5.50. The summed E-state index contributed by atoms with van der Waals surface area (Å²) in [6.45, 7) is 2.55. The maximum atomic E-state index is 13.0. The Labute approximate surface area is 192 Å². The number of benzene rings is 2. The SMILES string of the molecule is CCOc1ccc(C2C3=C(CCCC3=O)Nc3nc(-c4ccc(OC)c(OC)c4)nn32)cc1. The molecular weight excluding hydrogens is 420 g/mol. The van der Waals surface area contributed by atoms with Crippen molar-refractivity contribution in [1.82, 2.24) is 14.8 Å². The van der Waals surface area contributed by atoms with Gasteiger partial charge in [0.25, 0.3) is 0 Å². The van der Waals surface area contributed by atoms with Gasteiger partial charge in [-0.3, -0.25) is 4.79 Å². The first kappa shape index (κ1) is 21.1. The van der Waals surface area contributed by atoms with Crippen LogP contribution < -0.4 is 19.5 Å². The normalized spacial score (nSPS) is 17.2. The molecule has 0 saturated heterocycles. The van der Waals surface area contributed by atoms with E-state index in [9.17, 15) is 4.79 Å². The Morgan fingerprint density at radius 2 is 1.85 bits per heavy atom. The van der Waals surface area contributed by atoms with Gasteiger partial charge in [0.1, 0.15) is 11.8 Å². The van der Waals surface area contributed by atoms with E-state index in [4.69, 9.17) is 24.3 Å². The van der Waals surface area contributed by atoms with Crippen molar-refractivity contribution in [3.8, 4) is 28.6 Å². The van der Waals surface area contributed by atoms with Crippen molar-refractivity contribution < 1.29 is 19.0 Å². The second-order valence-corrected chi connectivity index (χ2v) is 7.97. The average Bonchev–Trinajstić information content (AvgIpc) is 3.27. The first-order chi connectivity index (χ1) is 16.1. The number of carbonyl (C=O) groups excluding carboxylic acids is 1. The summed E-state index contributed by atoms with van der Waals surface area (Å²) in [7, 11) is 3.20. The predicted molar refractivity (Wildman–Crippen MR) is 124 cm³/mol. The molecule has 1 N–H and O–H groups in total. The number of allylic oxidation sites excluding steroid dienone is 2. The summed E-state index contributed by atoms with van der Waals surface area (Å²) in [6, 6.07) is 13.1. The van der Waals surface area contributed by atoms with E-state index >= 15 is 0 Å². The predicted octanol–water partition coefficient (Wildman–Crippen LogP) is 4.38. The molecule has 8 nitrogen and oxygen atoms in total. The molecule has 0 fully saturated rings. The van der Waals surface area contributed by atoms with Crippen molar-refractivity contribution in [3.05, 3.63) is 59.3 Å². The number of fused-ring (bicyclic) bond motifs is 1. The number of ketones is 1. The van der Waals surface area contributed by atoms with E-state index in [-0.39, 0.29) is 11.8 Å². The number of ether oxygens (including phenoxy) is 3. The fourth-order valence-corrected chi connectivity index (χ4v) is 4.47. The van der Waals surface area contributed by atoms with Crippen LogP contribution in [-0.4, -0.2) is 41.4 Å². The third-order valence-electron chi connectivity index (χ3n) is 6.02. The third kappa shape index (κ3) is 3.71. The Bertz CT molecular complexity index is 1230. The third-order valence-corrected chi connectivity index (χ3v) is 6.02. The monoisotopic (exact) mass is 446 g/mol. The lowest BCUT2D eigenvalue weighted by atomic mass is 9.85. The van der Waals surface area contributed by atoms with Crippen LogP contribution >= 0.6 is 0 Å². The Balaban J connectivity index is 1.60. The highest BCUT2D eigenvalue weighted by Crippen LogP contribution is 2.41. The van der Waals surface area contributed by atoms with E-state index in [1.807, 2.05) is 54.1 Å². The molecule has 1 aliphatic carbocycles. The second kappa shape index (κ2) is 8.61. The van der Waals surface area contributed by atoms with Gasteiger partial charge in [0.05, 0.1) is 20.8 Å². The smallest absolute Gasteiger partial charge is 0.226 e. The maximum absolute atomic E-state index is 13.0. The number of anilines is 1. The summed E-state index contributed by atoms with van der Waals surface area (Å²) >= 11 is 0. The lowest BCUT2D eigenvalue weighted by Gasteiger charge is -2.32. The molecule has 5 rings (SSSR count). The Morgan fingerprint density at radius 3 is 2.58 bits per heavy atom. The van der Waals surface area contributed by atoms with Crippen LogP contribution in [0.5, 0.6) is 17.2 Å². The first-order valence-electron chi connectivity index (χ1n) is 11.1. The molecule has 0 spiro atoms. The van der Waals surface area contributed by atoms with Crippen LogP contribution in [0.2, 0.25) is 0 Å². The minimum Gasteiger partial charge on any atom is -0.494 e. The molecule has 1 atom stereocenters. The second-order valence-electron chi connectivity index (χ2n) is 7.97. The van der Waals surface area contributed by atoms with Crippen LogP contribution in [0.25, 0.3) is 11.4 Å². The molecule has 0 radical (unpaired) electrons. The highest BCUT2D eigenvalue weighted by molar-refractivity contribution is 5.99. The highest BCUT2D eigenvalue weighted by Gasteiger charge is 2.37. The zero-order valence-corrected chi connectivity index (χ0v) is 18.9. The van der Waals surface area contributed by atoms with Crippen LogP contribution in [0.1, 0.15) is 37.8 Å². The van der Waals surface area contributed by atoms with Crippen molar-refractivity contribution in [2.24, 2.45) is 0 Å². The van der Waals surface area contributed by atoms with Crippen LogP contribution in [0, 0.1) is 0 Å². The van der Waals surface area contributed by atoms with Crippen molar-refractivity contribution in [3.63, 3.8) is 0 Å². The quantitative estimate of drug-likeness (QED) is 0.601. The van der Waals surface area contributed by atoms with E-state index in [1.165, 1.54) is 0 Å². The summed E-state index contributed by atoms with van der Waals surface area (Å²) in [5.74, 6) is 3.35. The van der Waals surface area contributed by atoms with Crippen molar-refractivity contribution >= 4 is 11.7 Å². The number of aromatic nitrogens is 3. The number of carbonyl (C=O) groups is 1. The number of hydrogen-bond donors (Lipinski definition) is 1. The Morgan fingerprint density at radius 1 is 1.06 bits per heavy atom. The van der Waals surface area contributed by atoms with Gasteiger partial charge in [-0.15, -0.1) is 5.10 Å². The van der Waals surface area contributed by atoms with Crippen molar-refractivity contribution in [2.45, 2.75) is 32.2 Å². The van der Waals surface area contributed by atoms with Gasteiger partial charge in [0.15, 0.2) is 23.1 Å². The maximum Gasteiger partial charge on any atom is 0.226 e. The summed E-state index contributed by atoms with van der Waals surface area (Å²) in [5, 5.41) is 8.19. The highest BCUT2D eigenvalue weighted by atomic mass is 16.5. The molecular formula is C25H26N4O4. The molecule has 8 heteroatoms. The van der Waals surface area contributed by atoms with Gasteiger partial charge in [0, 0.05) is 23.3 Å². The molecule has 2 aliphatic rings. The minimum absolute atomic E-state index is 0.149. The van der Waals surface area contributed by atoms with Crippen LogP contribution in [0.4, 0.5) is 5.95 Å². The molecule has 1 aromatic heterocycles. The van der Waals surface area contributed by atoms with Gasteiger partial charge in [-0.05, 0) is 55.7 Å². The molecule has 1 unspecified atom stereocenters. The molecule has 0 amide bonds. The number of Topliss-reactive ketones (excluding diaryl/α,β-unsaturated/α-hetero) is 1. The zero-order valence-electron chi connectivity index (χ0n) is 18.9. The fraction of sp³-hybridized carbons (Fsp3) is 0.320. The van der Waals surface area contributed by atoms with Crippen molar-refractivity contribution in [1.29, 1.82) is 0 Å². The number of nitrogens with one attached hydrogen (secondary N) is 1. The van der Waals surface area contributed by atoms with Gasteiger partial charge in [-0.25, -0.2) is 4.68 Å². The molecule has 2 aromatic carbocycles.